The van der Waals surface area contributed by atoms with Crippen LogP contribution in [-0.2, 0) is 18.4 Å². The number of nitrogens with one attached hydrogen (secondary N) is 1. The minimum absolute atomic E-state index is 0.00769. The minimum Gasteiger partial charge on any atom is -0.756 e. The van der Waals surface area contributed by atoms with E-state index in [-0.39, 0.29) is 19.1 Å². The molecule has 0 bridgehead atoms. The second-order valence-electron chi connectivity index (χ2n) is 20.6. The molecule has 0 aliphatic rings. The van der Waals surface area contributed by atoms with Crippen molar-refractivity contribution in [3.8, 4) is 0 Å². The van der Waals surface area contributed by atoms with Crippen LogP contribution < -0.4 is 10.2 Å². The van der Waals surface area contributed by atoms with Crippen LogP contribution in [0, 0.1) is 0 Å². The van der Waals surface area contributed by atoms with Crippen molar-refractivity contribution in [3.63, 3.8) is 0 Å². The van der Waals surface area contributed by atoms with E-state index in [2.05, 4.69) is 141 Å². The summed E-state index contributed by atoms with van der Waals surface area (Å²) in [5, 5.41) is 13.8. The molecule has 0 radical (unpaired) electrons. The first-order chi connectivity index (χ1) is 36.0. The second kappa shape index (κ2) is 54.4. The van der Waals surface area contributed by atoms with E-state index in [4.69, 9.17) is 9.05 Å². The maximum Gasteiger partial charge on any atom is 0.268 e. The molecular weight excluding hydrogens is 936 g/mol. The second-order valence-corrected chi connectivity index (χ2v) is 22.0. The molecule has 0 aromatic heterocycles. The number of carbonyl (C=O) groups excluding carboxylic acids is 1. The van der Waals surface area contributed by atoms with Gasteiger partial charge >= 0.3 is 0 Å². The van der Waals surface area contributed by atoms with Crippen molar-refractivity contribution in [2.75, 3.05) is 40.9 Å². The summed E-state index contributed by atoms with van der Waals surface area (Å²) in [6.45, 7) is 4.50. The van der Waals surface area contributed by atoms with E-state index in [9.17, 15) is 19.4 Å². The lowest BCUT2D eigenvalue weighted by Crippen LogP contribution is -2.45. The van der Waals surface area contributed by atoms with Gasteiger partial charge in [0.2, 0.25) is 5.91 Å². The summed E-state index contributed by atoms with van der Waals surface area (Å²) in [5.41, 5.74) is 0. The zero-order valence-electron chi connectivity index (χ0n) is 48.0. The molecule has 0 aliphatic heterocycles. The van der Waals surface area contributed by atoms with Crippen molar-refractivity contribution in [1.29, 1.82) is 0 Å². The van der Waals surface area contributed by atoms with E-state index in [1.165, 1.54) is 89.9 Å². The zero-order chi connectivity index (χ0) is 54.2. The molecular formula is C65H111N2O6P. The first-order valence-corrected chi connectivity index (χ1v) is 31.0. The average molecular weight is 1050 g/mol. The Kier molecular flexibility index (Phi) is 52.0. The van der Waals surface area contributed by atoms with Crippen LogP contribution in [0.4, 0.5) is 0 Å². The smallest absolute Gasteiger partial charge is 0.268 e. The summed E-state index contributed by atoms with van der Waals surface area (Å²) >= 11 is 0. The largest absolute Gasteiger partial charge is 0.756 e. The summed E-state index contributed by atoms with van der Waals surface area (Å²) in [6.07, 6.45) is 82.5. The van der Waals surface area contributed by atoms with Crippen molar-refractivity contribution >= 4 is 13.7 Å². The molecule has 1 amide bonds. The molecule has 9 heteroatoms. The number of unbranched alkanes of at least 4 members (excludes halogenated alkanes) is 19. The molecule has 0 aromatic rings. The number of rotatable bonds is 52. The Hall–Kier alpha value is -3.36. The summed E-state index contributed by atoms with van der Waals surface area (Å²) in [7, 11) is 1.24. The number of phosphoric ester groups is 1. The number of phosphoric acid groups is 1. The molecule has 3 atom stereocenters. The zero-order valence-corrected chi connectivity index (χ0v) is 48.9. The first kappa shape index (κ1) is 70.6. The Morgan fingerprint density at radius 1 is 0.486 bits per heavy atom. The SMILES string of the molecule is CC/C=C\C/C=C\C/C=C\C/C=C\C/C=C\C/C=C\C/C=C\C/C=C\C/C=C\C/C=C\CCCCCCCCCCCCC(=O)NC(COP(=O)([O-])OCC[N+](C)(C)C)C(O)/C=C/CCCCCCCCCCC. The van der Waals surface area contributed by atoms with E-state index in [0.717, 1.165) is 109 Å². The van der Waals surface area contributed by atoms with Crippen LogP contribution in [0.3, 0.4) is 0 Å². The fourth-order valence-corrected chi connectivity index (χ4v) is 8.49. The van der Waals surface area contributed by atoms with Crippen molar-refractivity contribution in [1.82, 2.24) is 5.32 Å². The molecule has 0 aromatic carbocycles. The van der Waals surface area contributed by atoms with Crippen molar-refractivity contribution in [3.05, 3.63) is 134 Å². The first-order valence-electron chi connectivity index (χ1n) is 29.5. The maximum atomic E-state index is 12.9. The third-order valence-electron chi connectivity index (χ3n) is 12.4. The molecule has 0 spiro atoms. The maximum absolute atomic E-state index is 12.9. The molecule has 2 N–H and O–H groups in total. The van der Waals surface area contributed by atoms with Crippen LogP contribution in [-0.4, -0.2) is 68.5 Å². The van der Waals surface area contributed by atoms with Gasteiger partial charge in [-0.1, -0.05) is 250 Å². The van der Waals surface area contributed by atoms with Crippen LogP contribution in [0.5, 0.6) is 0 Å². The Labute approximate surface area is 456 Å². The van der Waals surface area contributed by atoms with Gasteiger partial charge in [-0.15, -0.1) is 0 Å². The van der Waals surface area contributed by atoms with Crippen LogP contribution in [0.1, 0.15) is 219 Å². The van der Waals surface area contributed by atoms with Gasteiger partial charge < -0.3 is 28.8 Å². The molecule has 0 saturated carbocycles. The molecule has 3 unspecified atom stereocenters. The van der Waals surface area contributed by atoms with E-state index < -0.39 is 20.0 Å². The normalized spacial score (nSPS) is 14.9. The highest BCUT2D eigenvalue weighted by molar-refractivity contribution is 7.45. The molecule has 0 aliphatic carbocycles. The minimum atomic E-state index is -4.60. The van der Waals surface area contributed by atoms with Crippen LogP contribution >= 0.6 is 7.82 Å². The van der Waals surface area contributed by atoms with E-state index in [0.29, 0.717) is 17.4 Å². The number of nitrogens with zero attached hydrogens (tertiary/aromatic N) is 1. The summed E-state index contributed by atoms with van der Waals surface area (Å²) in [6, 6.07) is -0.896. The predicted octanol–water partition coefficient (Wildman–Crippen LogP) is 17.7. The standard InChI is InChI=1S/C65H111N2O6P/c1-6-8-10-12-14-16-18-19-20-21-22-23-24-25-26-27-28-29-30-31-32-33-34-35-36-37-38-39-40-41-42-43-44-45-46-47-49-51-53-55-57-59-65(69)66-63(62-73-74(70,71)72-61-60-67(3,4)5)64(68)58-56-54-52-50-48-17-15-13-11-9-7-2/h8,10,14,16,19-20,22-23,25-26,28-29,31-32,34-35,37-38,40-41,56,58,63-64,68H,6-7,9,11-13,15,17-18,21,24,27,30,33,36,39,42-55,57,59-62H2,1-5H3,(H-,66,69,70,71)/b10-8-,16-14-,20-19-,23-22-,26-25-,29-28-,32-31-,35-34-,38-37-,41-40-,58-56+. The Morgan fingerprint density at radius 2 is 0.824 bits per heavy atom. The Morgan fingerprint density at radius 3 is 1.20 bits per heavy atom. The number of allylic oxidation sites excluding steroid dienone is 21. The van der Waals surface area contributed by atoms with Gasteiger partial charge in [-0.3, -0.25) is 9.36 Å². The number of hydrogen-bond donors (Lipinski definition) is 2. The fraction of sp³-hybridized carbons (Fsp3) is 0.646. The topological polar surface area (TPSA) is 108 Å². The lowest BCUT2D eigenvalue weighted by atomic mass is 10.0. The van der Waals surface area contributed by atoms with Gasteiger partial charge in [0.25, 0.3) is 7.82 Å². The van der Waals surface area contributed by atoms with Gasteiger partial charge in [0.15, 0.2) is 0 Å². The van der Waals surface area contributed by atoms with Gasteiger partial charge in [-0.05, 0) is 96.3 Å². The molecule has 8 nitrogen and oxygen atoms in total. The van der Waals surface area contributed by atoms with Crippen LogP contribution in [0.2, 0.25) is 0 Å². The van der Waals surface area contributed by atoms with Crippen molar-refractivity contribution in [2.45, 2.75) is 231 Å². The predicted molar refractivity (Wildman–Crippen MR) is 320 cm³/mol. The molecule has 0 fully saturated rings. The van der Waals surface area contributed by atoms with Gasteiger partial charge in [0.1, 0.15) is 13.2 Å². The number of aliphatic hydroxyl groups excluding tert-OH is 1. The average Bonchev–Trinajstić information content (AvgIpc) is 3.36. The van der Waals surface area contributed by atoms with Crippen molar-refractivity contribution in [2.24, 2.45) is 0 Å². The number of aliphatic hydroxyl groups is 1. The number of quaternary nitrogens is 1. The highest BCUT2D eigenvalue weighted by atomic mass is 31.2. The third-order valence-corrected chi connectivity index (χ3v) is 13.3. The lowest BCUT2D eigenvalue weighted by molar-refractivity contribution is -0.870. The number of likely N-dealkylation sites (N-methyl/N-ethyl adjacent to an activating group) is 1. The number of carbonyl (C=O) groups is 1. The number of amides is 1. The Bertz CT molecular complexity index is 1660. The molecule has 422 valence electrons. The summed E-state index contributed by atoms with van der Waals surface area (Å²) in [5.74, 6) is -0.209. The quantitative estimate of drug-likeness (QED) is 0.0272. The highest BCUT2D eigenvalue weighted by Gasteiger charge is 2.23. The van der Waals surface area contributed by atoms with Crippen LogP contribution in [0.15, 0.2) is 134 Å². The molecule has 0 heterocycles. The third kappa shape index (κ3) is 56.4. The van der Waals surface area contributed by atoms with Gasteiger partial charge in [-0.2, -0.15) is 0 Å². The van der Waals surface area contributed by atoms with Gasteiger partial charge in [-0.25, -0.2) is 0 Å². The Balaban J connectivity index is 4.05. The van der Waals surface area contributed by atoms with Crippen molar-refractivity contribution < 1.29 is 32.9 Å². The monoisotopic (exact) mass is 1050 g/mol. The van der Waals surface area contributed by atoms with Crippen LogP contribution in [0.25, 0.3) is 0 Å². The van der Waals surface area contributed by atoms with E-state index >= 15 is 0 Å². The summed E-state index contributed by atoms with van der Waals surface area (Å²) in [4.78, 5) is 25.4. The summed E-state index contributed by atoms with van der Waals surface area (Å²) < 4.78 is 23.3. The molecule has 0 saturated heterocycles. The number of hydrogen-bond acceptors (Lipinski definition) is 6. The van der Waals surface area contributed by atoms with Gasteiger partial charge in [0.05, 0.1) is 39.9 Å². The van der Waals surface area contributed by atoms with Gasteiger partial charge in [0, 0.05) is 6.42 Å². The fourth-order valence-electron chi connectivity index (χ4n) is 7.77. The van der Waals surface area contributed by atoms with E-state index in [1.807, 2.05) is 27.2 Å². The molecule has 0 rings (SSSR count). The molecule has 74 heavy (non-hydrogen) atoms. The lowest BCUT2D eigenvalue weighted by Gasteiger charge is -2.29. The highest BCUT2D eigenvalue weighted by Crippen LogP contribution is 2.38. The van der Waals surface area contributed by atoms with E-state index in [1.54, 1.807) is 6.08 Å².